The van der Waals surface area contributed by atoms with Gasteiger partial charge in [-0.1, -0.05) is 25.6 Å². The first-order chi connectivity index (χ1) is 19.1. The van der Waals surface area contributed by atoms with Crippen LogP contribution in [-0.2, 0) is 19.0 Å². The summed E-state index contributed by atoms with van der Waals surface area (Å²) >= 11 is 1.76. The quantitative estimate of drug-likeness (QED) is 0.249. The fourth-order valence-electron chi connectivity index (χ4n) is 3.97. The smallest absolute Gasteiger partial charge is 0.405 e. The predicted octanol–water partition coefficient (Wildman–Crippen LogP) is 6.16. The summed E-state index contributed by atoms with van der Waals surface area (Å²) in [5.74, 6) is 1.73. The standard InChI is InChI=1S/C15H19N3.C11H13F3N2S.C2H5N.C2H2/c1-4-13-8-12(5-6-15(13)16-3)9-14-7-11(2)17-10-18-14;12-11(13,14)9-7-8(15)1-2-10(9)16-3-5-17-6-4-16;1-2-3;1-2/h5-8,10,16H,4,9H2,1-3H3;1-2,7H,3-6,15H2;2H,1,3H2;1-2H. The molecule has 0 saturated carbocycles. The van der Waals surface area contributed by atoms with Gasteiger partial charge in [0.2, 0.25) is 0 Å². The molecule has 5 N–H and O–H groups in total. The summed E-state index contributed by atoms with van der Waals surface area (Å²) in [7, 11) is 1.96. The lowest BCUT2D eigenvalue weighted by molar-refractivity contribution is -0.137. The molecule has 216 valence electrons. The summed E-state index contributed by atoms with van der Waals surface area (Å²) in [5.41, 5.74) is 15.7. The van der Waals surface area contributed by atoms with Gasteiger partial charge in [-0.05, 0) is 61.0 Å². The zero-order chi connectivity index (χ0) is 30.1. The molecular formula is C30H39F3N6S. The van der Waals surface area contributed by atoms with Crippen molar-refractivity contribution >= 4 is 28.8 Å². The Bertz CT molecular complexity index is 1210. The van der Waals surface area contributed by atoms with Gasteiger partial charge in [0.25, 0.3) is 0 Å². The molecule has 1 aliphatic rings. The molecule has 6 nitrogen and oxygen atoms in total. The number of rotatable bonds is 5. The maximum atomic E-state index is 12.9. The lowest BCUT2D eigenvalue weighted by Crippen LogP contribution is -2.34. The van der Waals surface area contributed by atoms with Crippen LogP contribution in [0.5, 0.6) is 0 Å². The van der Waals surface area contributed by atoms with Crippen LogP contribution >= 0.6 is 11.8 Å². The average Bonchev–Trinajstić information content (AvgIpc) is 2.95. The van der Waals surface area contributed by atoms with E-state index in [0.717, 1.165) is 41.8 Å². The number of halogens is 3. The molecule has 1 fully saturated rings. The third-order valence-electron chi connectivity index (χ3n) is 5.74. The largest absolute Gasteiger partial charge is 0.418 e. The van der Waals surface area contributed by atoms with Crippen LogP contribution in [0.3, 0.4) is 0 Å². The number of hydrogen-bond donors (Lipinski definition) is 3. The second kappa shape index (κ2) is 17.7. The van der Waals surface area contributed by atoms with Crippen LogP contribution in [0.2, 0.25) is 0 Å². The Balaban J connectivity index is 0.000000345. The van der Waals surface area contributed by atoms with Crippen LogP contribution in [0.15, 0.2) is 61.6 Å². The van der Waals surface area contributed by atoms with Crippen LogP contribution in [0.25, 0.3) is 0 Å². The molecule has 4 rings (SSSR count). The Labute approximate surface area is 240 Å². The van der Waals surface area contributed by atoms with Gasteiger partial charge in [-0.15, -0.1) is 12.8 Å². The van der Waals surface area contributed by atoms with Gasteiger partial charge in [0, 0.05) is 66.5 Å². The summed E-state index contributed by atoms with van der Waals surface area (Å²) < 4.78 is 38.7. The van der Waals surface area contributed by atoms with E-state index in [1.165, 1.54) is 35.1 Å². The summed E-state index contributed by atoms with van der Waals surface area (Å²) in [6, 6.07) is 12.6. The lowest BCUT2D eigenvalue weighted by Gasteiger charge is -2.30. The van der Waals surface area contributed by atoms with Crippen LogP contribution in [0.1, 0.15) is 35.0 Å². The number of hydrogen-bond acceptors (Lipinski definition) is 7. The highest BCUT2D eigenvalue weighted by atomic mass is 32.2. The molecule has 0 atom stereocenters. The van der Waals surface area contributed by atoms with Crippen molar-refractivity contribution in [3.05, 3.63) is 89.6 Å². The number of nitrogens with zero attached hydrogens (tertiary/aromatic N) is 3. The Morgan fingerprint density at radius 1 is 1.10 bits per heavy atom. The molecule has 3 aromatic rings. The van der Waals surface area contributed by atoms with Crippen molar-refractivity contribution < 1.29 is 13.2 Å². The number of nitrogen functional groups attached to an aromatic ring is 1. The molecule has 0 bridgehead atoms. The van der Waals surface area contributed by atoms with Gasteiger partial charge in [0.05, 0.1) is 5.56 Å². The van der Waals surface area contributed by atoms with Crippen LogP contribution in [-0.4, -0.2) is 41.6 Å². The highest BCUT2D eigenvalue weighted by Crippen LogP contribution is 2.38. The molecule has 0 amide bonds. The Morgan fingerprint density at radius 2 is 1.75 bits per heavy atom. The average molecular weight is 573 g/mol. The Kier molecular flexibility index (Phi) is 15.1. The Morgan fingerprint density at radius 3 is 2.30 bits per heavy atom. The van der Waals surface area contributed by atoms with Crippen molar-refractivity contribution in [1.82, 2.24) is 9.97 Å². The summed E-state index contributed by atoms with van der Waals surface area (Å²) in [6.45, 7) is 8.61. The van der Waals surface area contributed by atoms with Gasteiger partial charge in [-0.2, -0.15) is 24.9 Å². The Hall–Kier alpha value is -3.84. The van der Waals surface area contributed by atoms with Gasteiger partial charge >= 0.3 is 6.18 Å². The molecular weight excluding hydrogens is 533 g/mol. The second-order valence-corrected chi connectivity index (χ2v) is 9.76. The van der Waals surface area contributed by atoms with Gasteiger partial charge in [-0.25, -0.2) is 9.97 Å². The third-order valence-corrected chi connectivity index (χ3v) is 6.69. The number of nitrogens with two attached hydrogens (primary N) is 2. The topological polar surface area (TPSA) is 93.1 Å². The van der Waals surface area contributed by atoms with Crippen molar-refractivity contribution in [2.24, 2.45) is 5.73 Å². The predicted molar refractivity (Wildman–Crippen MR) is 165 cm³/mol. The lowest BCUT2D eigenvalue weighted by atomic mass is 10.0. The summed E-state index contributed by atoms with van der Waals surface area (Å²) in [4.78, 5) is 10.2. The van der Waals surface area contributed by atoms with Crippen LogP contribution < -0.4 is 21.7 Å². The van der Waals surface area contributed by atoms with Gasteiger partial charge in [0.1, 0.15) is 6.33 Å². The molecule has 0 unspecified atom stereocenters. The van der Waals surface area contributed by atoms with Gasteiger partial charge < -0.3 is 21.7 Å². The third kappa shape index (κ3) is 11.1. The molecule has 0 aliphatic carbocycles. The number of benzene rings is 2. The van der Waals surface area contributed by atoms with Crippen LogP contribution in [0.4, 0.5) is 30.2 Å². The molecule has 10 heteroatoms. The molecule has 0 radical (unpaired) electrons. The number of aromatic nitrogens is 2. The molecule has 1 aromatic heterocycles. The fourth-order valence-corrected chi connectivity index (χ4v) is 4.87. The zero-order valence-electron chi connectivity index (χ0n) is 23.3. The minimum absolute atomic E-state index is 0.146. The molecule has 1 saturated heterocycles. The molecule has 40 heavy (non-hydrogen) atoms. The maximum Gasteiger partial charge on any atom is 0.418 e. The van der Waals surface area contributed by atoms with Crippen molar-refractivity contribution in [3.8, 4) is 12.8 Å². The van der Waals surface area contributed by atoms with Gasteiger partial charge in [-0.3, -0.25) is 0 Å². The van der Waals surface area contributed by atoms with Crippen LogP contribution in [0, 0.1) is 19.8 Å². The van der Waals surface area contributed by atoms with E-state index >= 15 is 0 Å². The molecule has 2 aromatic carbocycles. The first-order valence-corrected chi connectivity index (χ1v) is 13.8. The number of alkyl halides is 3. The van der Waals surface area contributed by atoms with E-state index in [2.05, 4.69) is 65.6 Å². The van der Waals surface area contributed by atoms with E-state index in [0.29, 0.717) is 13.1 Å². The van der Waals surface area contributed by atoms with E-state index in [9.17, 15) is 13.2 Å². The monoisotopic (exact) mass is 572 g/mol. The van der Waals surface area contributed by atoms with Crippen molar-refractivity contribution in [2.75, 3.05) is 47.6 Å². The first-order valence-electron chi connectivity index (χ1n) is 12.6. The SMILES string of the molecule is C#C.C=CN.CCc1cc(Cc2cc(C)ncn2)ccc1NC.Nc1ccc(N2CCSCC2)c(C(F)(F)F)c1. The number of nitrogens with one attached hydrogen (secondary N) is 1. The van der Waals surface area contributed by atoms with Crippen molar-refractivity contribution in [2.45, 2.75) is 32.9 Å². The second-order valence-electron chi connectivity index (χ2n) is 8.53. The highest BCUT2D eigenvalue weighted by molar-refractivity contribution is 7.99. The summed E-state index contributed by atoms with van der Waals surface area (Å²) in [6.07, 6.45) is 8.43. The zero-order valence-corrected chi connectivity index (χ0v) is 24.2. The van der Waals surface area contributed by atoms with Crippen molar-refractivity contribution in [3.63, 3.8) is 0 Å². The van der Waals surface area contributed by atoms with Crippen molar-refractivity contribution in [1.29, 1.82) is 0 Å². The molecule has 1 aliphatic heterocycles. The van der Waals surface area contributed by atoms with E-state index < -0.39 is 11.7 Å². The summed E-state index contributed by atoms with van der Waals surface area (Å²) in [5, 5.41) is 3.22. The fraction of sp³-hybridized carbons (Fsp3) is 0.333. The first kappa shape index (κ1) is 34.2. The number of anilines is 3. The number of aryl methyl sites for hydroxylation is 2. The molecule has 2 heterocycles. The van der Waals surface area contributed by atoms with E-state index in [-0.39, 0.29) is 11.4 Å². The normalized spacial score (nSPS) is 12.3. The minimum atomic E-state index is -4.35. The van der Waals surface area contributed by atoms with E-state index in [1.54, 1.807) is 23.0 Å². The molecule has 0 spiro atoms. The maximum absolute atomic E-state index is 12.9. The van der Waals surface area contributed by atoms with Gasteiger partial charge in [0.15, 0.2) is 0 Å². The number of terminal acetylenes is 1. The van der Waals surface area contributed by atoms with E-state index in [1.807, 2.05) is 20.0 Å². The minimum Gasteiger partial charge on any atom is -0.405 e. The highest BCUT2D eigenvalue weighted by Gasteiger charge is 2.35. The number of thioether (sulfide) groups is 1. The van der Waals surface area contributed by atoms with E-state index in [4.69, 9.17) is 5.73 Å².